The number of carbonyl (C=O) groups is 2. The summed E-state index contributed by atoms with van der Waals surface area (Å²) in [5.74, 6) is -1.74. The molecule has 0 spiro atoms. The predicted octanol–water partition coefficient (Wildman–Crippen LogP) is 5.27. The van der Waals surface area contributed by atoms with Crippen molar-refractivity contribution in [3.8, 4) is 5.75 Å². The molecule has 1 fully saturated rings. The third-order valence-electron chi connectivity index (χ3n) is 5.36. The topological polar surface area (TPSA) is 110 Å². The summed E-state index contributed by atoms with van der Waals surface area (Å²) >= 11 is 6.00. The van der Waals surface area contributed by atoms with Crippen molar-refractivity contribution in [3.63, 3.8) is 0 Å². The van der Waals surface area contributed by atoms with Crippen LogP contribution in [0.15, 0.2) is 78.4 Å². The number of hydrogen-bond donors (Lipinski definition) is 1. The number of amides is 1. The lowest BCUT2D eigenvalue weighted by Crippen LogP contribution is -2.29. The molecule has 1 amide bonds. The summed E-state index contributed by atoms with van der Waals surface area (Å²) in [6.45, 7) is 2.24. The van der Waals surface area contributed by atoms with E-state index in [1.165, 1.54) is 23.1 Å². The Labute approximate surface area is 199 Å². The zero-order valence-corrected chi connectivity index (χ0v) is 18.7. The Kier molecular flexibility index (Phi) is 6.34. The van der Waals surface area contributed by atoms with Gasteiger partial charge in [0, 0.05) is 28.4 Å². The summed E-state index contributed by atoms with van der Waals surface area (Å²) < 4.78 is 5.58. The van der Waals surface area contributed by atoms with E-state index in [-0.39, 0.29) is 16.8 Å². The molecular weight excluding hydrogens is 460 g/mol. The van der Waals surface area contributed by atoms with Crippen molar-refractivity contribution in [2.75, 3.05) is 11.5 Å². The number of ether oxygens (including phenoxy) is 1. The van der Waals surface area contributed by atoms with Crippen LogP contribution in [0.5, 0.6) is 5.75 Å². The maximum absolute atomic E-state index is 13.2. The van der Waals surface area contributed by atoms with Crippen LogP contribution >= 0.6 is 11.6 Å². The van der Waals surface area contributed by atoms with Gasteiger partial charge in [-0.25, -0.2) is 0 Å². The number of aliphatic hydroxyl groups excluding tert-OH is 1. The van der Waals surface area contributed by atoms with E-state index in [1.807, 2.05) is 6.92 Å². The summed E-state index contributed by atoms with van der Waals surface area (Å²) in [5, 5.41) is 22.8. The fourth-order valence-electron chi connectivity index (χ4n) is 3.88. The second-order valence-corrected chi connectivity index (χ2v) is 7.89. The lowest BCUT2D eigenvalue weighted by molar-refractivity contribution is -0.384. The van der Waals surface area contributed by atoms with Crippen LogP contribution in [0.1, 0.15) is 24.1 Å². The molecule has 3 aromatic rings. The summed E-state index contributed by atoms with van der Waals surface area (Å²) in [6, 6.07) is 17.5. The highest BCUT2D eigenvalue weighted by molar-refractivity contribution is 6.51. The zero-order valence-electron chi connectivity index (χ0n) is 18.0. The lowest BCUT2D eigenvalue weighted by Gasteiger charge is -2.25. The monoisotopic (exact) mass is 478 g/mol. The first-order valence-electron chi connectivity index (χ1n) is 10.4. The molecule has 1 unspecified atom stereocenters. The number of nitro groups is 1. The van der Waals surface area contributed by atoms with Crippen molar-refractivity contribution in [3.05, 3.63) is 105 Å². The van der Waals surface area contributed by atoms with Crippen LogP contribution in [0.25, 0.3) is 5.76 Å². The molecule has 4 rings (SSSR count). The molecule has 1 atom stereocenters. The molecule has 0 bridgehead atoms. The smallest absolute Gasteiger partial charge is 0.300 e. The van der Waals surface area contributed by atoms with Gasteiger partial charge in [-0.3, -0.25) is 24.6 Å². The van der Waals surface area contributed by atoms with E-state index in [4.69, 9.17) is 16.3 Å². The van der Waals surface area contributed by atoms with Crippen molar-refractivity contribution in [2.45, 2.75) is 13.0 Å². The largest absolute Gasteiger partial charge is 0.507 e. The molecule has 0 aromatic heterocycles. The first-order chi connectivity index (χ1) is 16.3. The van der Waals surface area contributed by atoms with Crippen molar-refractivity contribution >= 4 is 40.4 Å². The fraction of sp³-hybridized carbons (Fsp3) is 0.120. The normalized spacial score (nSPS) is 17.1. The van der Waals surface area contributed by atoms with Crippen molar-refractivity contribution in [2.24, 2.45) is 0 Å². The van der Waals surface area contributed by atoms with Crippen LogP contribution in [-0.2, 0) is 9.59 Å². The van der Waals surface area contributed by atoms with Gasteiger partial charge < -0.3 is 9.84 Å². The second kappa shape index (κ2) is 9.36. The van der Waals surface area contributed by atoms with Gasteiger partial charge in [0.05, 0.1) is 23.1 Å². The molecule has 1 heterocycles. The number of hydrogen-bond acceptors (Lipinski definition) is 6. The van der Waals surface area contributed by atoms with E-state index < -0.39 is 28.4 Å². The number of rotatable bonds is 6. The molecule has 0 saturated carbocycles. The number of ketones is 1. The third kappa shape index (κ3) is 4.23. The van der Waals surface area contributed by atoms with E-state index in [9.17, 15) is 24.8 Å². The molecule has 3 aromatic carbocycles. The van der Waals surface area contributed by atoms with Crippen LogP contribution in [0.2, 0.25) is 5.02 Å². The molecule has 1 aliphatic rings. The maximum Gasteiger partial charge on any atom is 0.300 e. The number of nitro benzene ring substituents is 1. The number of halogens is 1. The minimum atomic E-state index is -0.999. The van der Waals surface area contributed by atoms with Crippen LogP contribution in [0, 0.1) is 10.1 Å². The summed E-state index contributed by atoms with van der Waals surface area (Å²) in [4.78, 5) is 38.2. The number of benzene rings is 3. The number of carbonyl (C=O) groups excluding carboxylic acids is 2. The first kappa shape index (κ1) is 23.0. The van der Waals surface area contributed by atoms with E-state index in [2.05, 4.69) is 0 Å². The number of non-ortho nitro benzene ring substituents is 1. The van der Waals surface area contributed by atoms with Gasteiger partial charge in [0.1, 0.15) is 11.5 Å². The Morgan fingerprint density at radius 2 is 1.79 bits per heavy atom. The number of anilines is 1. The Hall–Kier alpha value is -4.17. The number of aliphatic hydroxyl groups is 1. The van der Waals surface area contributed by atoms with Gasteiger partial charge in [-0.2, -0.15) is 0 Å². The van der Waals surface area contributed by atoms with Crippen molar-refractivity contribution < 1.29 is 24.4 Å². The molecule has 1 saturated heterocycles. The highest BCUT2D eigenvalue weighted by Crippen LogP contribution is 2.43. The molecule has 34 heavy (non-hydrogen) atoms. The SMILES string of the molecule is CCOc1cccc(C2/C(=C(/O)c3cccc([N+](=O)[O-])c3)C(=O)C(=O)N2c2ccc(Cl)cc2)c1. The predicted molar refractivity (Wildman–Crippen MR) is 127 cm³/mol. The highest BCUT2D eigenvalue weighted by Gasteiger charge is 2.47. The van der Waals surface area contributed by atoms with Gasteiger partial charge in [-0.15, -0.1) is 0 Å². The number of nitrogens with zero attached hydrogens (tertiary/aromatic N) is 2. The van der Waals surface area contributed by atoms with Gasteiger partial charge >= 0.3 is 0 Å². The van der Waals surface area contributed by atoms with Gasteiger partial charge in [-0.1, -0.05) is 35.9 Å². The number of Topliss-reactive ketones (excluding diaryl/α,β-unsaturated/α-hetero) is 1. The molecule has 0 radical (unpaired) electrons. The summed E-state index contributed by atoms with van der Waals surface area (Å²) in [6.07, 6.45) is 0. The van der Waals surface area contributed by atoms with Crippen LogP contribution in [-0.4, -0.2) is 28.3 Å². The molecular formula is C25H19ClN2O6. The molecule has 9 heteroatoms. The Bertz CT molecular complexity index is 1320. The van der Waals surface area contributed by atoms with Crippen LogP contribution in [0.4, 0.5) is 11.4 Å². The minimum absolute atomic E-state index is 0.0502. The lowest BCUT2D eigenvalue weighted by atomic mass is 9.95. The fourth-order valence-corrected chi connectivity index (χ4v) is 4.01. The maximum atomic E-state index is 13.2. The van der Waals surface area contributed by atoms with E-state index in [0.29, 0.717) is 28.6 Å². The Morgan fingerprint density at radius 3 is 2.47 bits per heavy atom. The molecule has 172 valence electrons. The minimum Gasteiger partial charge on any atom is -0.507 e. The van der Waals surface area contributed by atoms with Crippen LogP contribution in [0.3, 0.4) is 0 Å². The van der Waals surface area contributed by atoms with Crippen molar-refractivity contribution in [1.29, 1.82) is 0 Å². The molecule has 1 aliphatic heterocycles. The molecule has 8 nitrogen and oxygen atoms in total. The first-order valence-corrected chi connectivity index (χ1v) is 10.7. The van der Waals surface area contributed by atoms with Gasteiger partial charge in [0.25, 0.3) is 17.4 Å². The average molecular weight is 479 g/mol. The highest BCUT2D eigenvalue weighted by atomic mass is 35.5. The van der Waals surface area contributed by atoms with E-state index >= 15 is 0 Å². The third-order valence-corrected chi connectivity index (χ3v) is 5.62. The quantitative estimate of drug-likeness (QED) is 0.170. The van der Waals surface area contributed by atoms with Crippen molar-refractivity contribution in [1.82, 2.24) is 0 Å². The second-order valence-electron chi connectivity index (χ2n) is 7.46. The molecule has 0 aliphatic carbocycles. The Morgan fingerprint density at radius 1 is 1.09 bits per heavy atom. The van der Waals surface area contributed by atoms with E-state index in [1.54, 1.807) is 48.5 Å². The van der Waals surface area contributed by atoms with Gasteiger partial charge in [0.15, 0.2) is 0 Å². The zero-order chi connectivity index (χ0) is 24.4. The Balaban J connectivity index is 1.94. The van der Waals surface area contributed by atoms with Gasteiger partial charge in [-0.05, 0) is 48.9 Å². The summed E-state index contributed by atoms with van der Waals surface area (Å²) in [7, 11) is 0. The molecule has 1 N–H and O–H groups in total. The van der Waals surface area contributed by atoms with Gasteiger partial charge in [0.2, 0.25) is 0 Å². The summed E-state index contributed by atoms with van der Waals surface area (Å²) in [5.41, 5.74) is 0.526. The average Bonchev–Trinajstić information content (AvgIpc) is 3.10. The van der Waals surface area contributed by atoms with Crippen LogP contribution < -0.4 is 9.64 Å². The standard InChI is InChI=1S/C25H19ClN2O6/c1-2-34-20-8-4-5-15(14-20)22-21(23(29)16-6-3-7-19(13-16)28(32)33)24(30)25(31)27(22)18-11-9-17(26)10-12-18/h3-14,22,29H,2H2,1H3/b23-21-. The van der Waals surface area contributed by atoms with E-state index in [0.717, 1.165) is 6.07 Å².